The van der Waals surface area contributed by atoms with Gasteiger partial charge in [-0.25, -0.2) is 4.90 Å². The predicted molar refractivity (Wildman–Crippen MR) is 54.3 cm³/mol. The molecule has 1 atom stereocenters. The van der Waals surface area contributed by atoms with E-state index in [0.717, 1.165) is 0 Å². The normalized spacial score (nSPS) is 23.3. The van der Waals surface area contributed by atoms with Crippen molar-refractivity contribution in [3.63, 3.8) is 0 Å². The lowest BCUT2D eigenvalue weighted by molar-refractivity contribution is -0.153. The molecule has 0 saturated carbocycles. The zero-order chi connectivity index (χ0) is 12.7. The topological polar surface area (TPSA) is 32.8 Å². The van der Waals surface area contributed by atoms with E-state index in [9.17, 15) is 18.0 Å². The molecule has 6 heteroatoms. The quantitative estimate of drug-likeness (QED) is 0.591. The number of amides is 1. The van der Waals surface area contributed by atoms with E-state index in [-0.39, 0.29) is 17.2 Å². The van der Waals surface area contributed by atoms with Crippen molar-refractivity contribution >= 4 is 11.6 Å². The van der Waals surface area contributed by atoms with Gasteiger partial charge < -0.3 is 4.74 Å². The Labute approximate surface area is 95.8 Å². The molecular formula is C11H10F3NO2. The Morgan fingerprint density at radius 2 is 1.88 bits per heavy atom. The van der Waals surface area contributed by atoms with E-state index in [2.05, 4.69) is 0 Å². The van der Waals surface area contributed by atoms with Gasteiger partial charge in [0.2, 0.25) is 0 Å². The predicted octanol–water partition coefficient (Wildman–Crippen LogP) is 2.33. The third-order valence-corrected chi connectivity index (χ3v) is 2.50. The third kappa shape index (κ3) is 2.26. The summed E-state index contributed by atoms with van der Waals surface area (Å²) in [6, 6.07) is 6.93. The Balaban J connectivity index is 2.36. The van der Waals surface area contributed by atoms with Gasteiger partial charge >= 0.3 is 6.30 Å². The minimum Gasteiger partial charge on any atom is -0.359 e. The van der Waals surface area contributed by atoms with Gasteiger partial charge in [-0.15, -0.1) is 13.2 Å². The average Bonchev–Trinajstić information content (AvgIpc) is 2.97. The van der Waals surface area contributed by atoms with E-state index in [1.165, 1.54) is 31.2 Å². The van der Waals surface area contributed by atoms with Crippen molar-refractivity contribution in [3.05, 3.63) is 30.3 Å². The first kappa shape index (κ1) is 11.9. The van der Waals surface area contributed by atoms with Crippen LogP contribution in [0.2, 0.25) is 0 Å². The summed E-state index contributed by atoms with van der Waals surface area (Å²) >= 11 is 0. The van der Waals surface area contributed by atoms with Crippen molar-refractivity contribution in [2.45, 2.75) is 18.8 Å². The van der Waals surface area contributed by atoms with Crippen molar-refractivity contribution in [2.24, 2.45) is 0 Å². The minimum absolute atomic E-state index is 0.0191. The maximum Gasteiger partial charge on any atom is 0.491 e. The fraction of sp³-hybridized carbons (Fsp3) is 0.364. The highest BCUT2D eigenvalue weighted by Gasteiger charge is 2.56. The number of hydrogen-bond acceptors (Lipinski definition) is 2. The van der Waals surface area contributed by atoms with Crippen molar-refractivity contribution < 1.29 is 22.7 Å². The SMILES string of the molecule is CC1(C(=O)N(c2ccccc2)C(F)(F)F)CO1. The molecule has 92 valence electrons. The summed E-state index contributed by atoms with van der Waals surface area (Å²) in [5.41, 5.74) is -1.55. The Kier molecular flexibility index (Phi) is 2.61. The Morgan fingerprint density at radius 1 is 1.35 bits per heavy atom. The number of rotatable bonds is 2. The average molecular weight is 245 g/mol. The van der Waals surface area contributed by atoms with Crippen molar-refractivity contribution in [1.82, 2.24) is 0 Å². The highest BCUT2D eigenvalue weighted by Crippen LogP contribution is 2.36. The third-order valence-electron chi connectivity index (χ3n) is 2.50. The van der Waals surface area contributed by atoms with Gasteiger partial charge in [0.15, 0.2) is 5.60 Å². The molecule has 0 radical (unpaired) electrons. The molecule has 1 aliphatic heterocycles. The second-order valence-electron chi connectivity index (χ2n) is 3.96. The maximum absolute atomic E-state index is 12.9. The number of alkyl halides is 3. The molecule has 1 saturated heterocycles. The first-order valence-corrected chi connectivity index (χ1v) is 4.95. The van der Waals surface area contributed by atoms with Crippen LogP contribution in [0.4, 0.5) is 18.9 Å². The lowest BCUT2D eigenvalue weighted by atomic mass is 10.1. The minimum atomic E-state index is -4.76. The van der Waals surface area contributed by atoms with Gasteiger partial charge in [-0.1, -0.05) is 18.2 Å². The molecule has 1 aromatic rings. The number of para-hydroxylation sites is 1. The van der Waals surface area contributed by atoms with Gasteiger partial charge in [0, 0.05) is 0 Å². The van der Waals surface area contributed by atoms with Crippen LogP contribution in [0.25, 0.3) is 0 Å². The summed E-state index contributed by atoms with van der Waals surface area (Å²) in [7, 11) is 0. The number of carbonyl (C=O) groups is 1. The van der Waals surface area contributed by atoms with E-state index in [0.29, 0.717) is 0 Å². The van der Waals surface area contributed by atoms with E-state index < -0.39 is 17.8 Å². The zero-order valence-electron chi connectivity index (χ0n) is 8.99. The number of halogens is 3. The van der Waals surface area contributed by atoms with Crippen LogP contribution in [-0.2, 0) is 9.53 Å². The summed E-state index contributed by atoms with van der Waals surface area (Å²) in [5, 5.41) is 0. The van der Waals surface area contributed by atoms with Crippen LogP contribution in [0.5, 0.6) is 0 Å². The van der Waals surface area contributed by atoms with Crippen LogP contribution < -0.4 is 4.90 Å². The second kappa shape index (κ2) is 3.73. The lowest BCUT2D eigenvalue weighted by Crippen LogP contribution is -2.48. The molecule has 17 heavy (non-hydrogen) atoms. The van der Waals surface area contributed by atoms with E-state index in [1.807, 2.05) is 0 Å². The van der Waals surface area contributed by atoms with Crippen molar-refractivity contribution in [3.8, 4) is 0 Å². The summed E-state index contributed by atoms with van der Waals surface area (Å²) in [6.45, 7) is 1.36. The highest BCUT2D eigenvalue weighted by molar-refractivity contribution is 6.01. The molecule has 1 aromatic carbocycles. The zero-order valence-corrected chi connectivity index (χ0v) is 8.99. The fourth-order valence-electron chi connectivity index (χ4n) is 1.42. The number of benzene rings is 1. The summed E-state index contributed by atoms with van der Waals surface area (Å²) in [5.74, 6) is -1.09. The fourth-order valence-corrected chi connectivity index (χ4v) is 1.42. The van der Waals surface area contributed by atoms with Crippen LogP contribution >= 0.6 is 0 Å². The Morgan fingerprint density at radius 3 is 2.29 bits per heavy atom. The highest BCUT2D eigenvalue weighted by atomic mass is 19.4. The number of hydrogen-bond donors (Lipinski definition) is 0. The van der Waals surface area contributed by atoms with Gasteiger partial charge in [0.1, 0.15) is 0 Å². The van der Waals surface area contributed by atoms with E-state index in [1.54, 1.807) is 6.07 Å². The molecule has 0 N–H and O–H groups in total. The number of anilines is 1. The van der Waals surface area contributed by atoms with Crippen molar-refractivity contribution in [1.29, 1.82) is 0 Å². The number of nitrogens with zero attached hydrogens (tertiary/aromatic N) is 1. The molecule has 1 unspecified atom stereocenters. The monoisotopic (exact) mass is 245 g/mol. The van der Waals surface area contributed by atoms with E-state index >= 15 is 0 Å². The molecule has 1 heterocycles. The van der Waals surface area contributed by atoms with Crippen LogP contribution in [0.1, 0.15) is 6.92 Å². The van der Waals surface area contributed by atoms with Crippen LogP contribution in [-0.4, -0.2) is 24.4 Å². The molecular weight excluding hydrogens is 235 g/mol. The smallest absolute Gasteiger partial charge is 0.359 e. The molecule has 0 aliphatic carbocycles. The molecule has 3 nitrogen and oxygen atoms in total. The molecule has 1 aliphatic rings. The van der Waals surface area contributed by atoms with Gasteiger partial charge in [-0.05, 0) is 19.1 Å². The van der Waals surface area contributed by atoms with Gasteiger partial charge in [0.05, 0.1) is 12.3 Å². The van der Waals surface area contributed by atoms with Gasteiger partial charge in [0.25, 0.3) is 5.91 Å². The lowest BCUT2D eigenvalue weighted by Gasteiger charge is -2.26. The molecule has 1 amide bonds. The second-order valence-corrected chi connectivity index (χ2v) is 3.96. The summed E-state index contributed by atoms with van der Waals surface area (Å²) in [4.78, 5) is 11.6. The molecule has 0 bridgehead atoms. The Bertz CT molecular complexity index is 426. The molecule has 1 fully saturated rings. The number of carbonyl (C=O) groups excluding carboxylic acids is 1. The van der Waals surface area contributed by atoms with Crippen LogP contribution in [0, 0.1) is 0 Å². The number of epoxide rings is 1. The van der Waals surface area contributed by atoms with Crippen LogP contribution in [0.3, 0.4) is 0 Å². The molecule has 2 rings (SSSR count). The van der Waals surface area contributed by atoms with E-state index in [4.69, 9.17) is 4.74 Å². The first-order valence-electron chi connectivity index (χ1n) is 4.95. The molecule has 0 spiro atoms. The first-order chi connectivity index (χ1) is 7.84. The number of ether oxygens (including phenoxy) is 1. The maximum atomic E-state index is 12.9. The Hall–Kier alpha value is -1.56. The standard InChI is InChI=1S/C11H10F3NO2/c1-10(7-17-10)9(16)15(11(12,13)14)8-5-3-2-4-6-8/h2-6H,7H2,1H3. The largest absolute Gasteiger partial charge is 0.491 e. The van der Waals surface area contributed by atoms with Crippen molar-refractivity contribution in [2.75, 3.05) is 11.5 Å². The van der Waals surface area contributed by atoms with Gasteiger partial charge in [-0.2, -0.15) is 0 Å². The van der Waals surface area contributed by atoms with Gasteiger partial charge in [-0.3, -0.25) is 4.79 Å². The molecule has 0 aromatic heterocycles. The van der Waals surface area contributed by atoms with Crippen LogP contribution in [0.15, 0.2) is 30.3 Å². The summed E-state index contributed by atoms with van der Waals surface area (Å²) < 4.78 is 43.4. The summed E-state index contributed by atoms with van der Waals surface area (Å²) in [6.07, 6.45) is -4.76.